The third-order valence-corrected chi connectivity index (χ3v) is 2.90. The van der Waals surface area contributed by atoms with Crippen LogP contribution in [-0.4, -0.2) is 12.6 Å². The molecule has 2 N–H and O–H groups in total. The molecular formula is C11H14ClNO. The van der Waals surface area contributed by atoms with Crippen LogP contribution in [0.4, 0.5) is 0 Å². The van der Waals surface area contributed by atoms with Crippen LogP contribution in [0.25, 0.3) is 0 Å². The Balaban J connectivity index is 2.47. The van der Waals surface area contributed by atoms with Gasteiger partial charge in [-0.3, -0.25) is 0 Å². The Morgan fingerprint density at radius 2 is 2.36 bits per heavy atom. The summed E-state index contributed by atoms with van der Waals surface area (Å²) in [6.07, 6.45) is 0.881. The van der Waals surface area contributed by atoms with Gasteiger partial charge in [0.2, 0.25) is 0 Å². The number of nitrogens with two attached hydrogens (primary N) is 1. The molecule has 1 aromatic carbocycles. The van der Waals surface area contributed by atoms with Crippen molar-refractivity contribution >= 4 is 11.6 Å². The lowest BCUT2D eigenvalue weighted by Gasteiger charge is -2.29. The average Bonchev–Trinajstić information content (AvgIpc) is 2.17. The summed E-state index contributed by atoms with van der Waals surface area (Å²) in [5.41, 5.74) is 8.22. The van der Waals surface area contributed by atoms with Crippen LogP contribution < -0.4 is 5.73 Å². The van der Waals surface area contributed by atoms with Crippen LogP contribution in [0, 0.1) is 0 Å². The highest BCUT2D eigenvalue weighted by atomic mass is 35.5. The zero-order valence-electron chi connectivity index (χ0n) is 8.16. The zero-order chi connectivity index (χ0) is 10.1. The standard InChI is InChI=1S/C11H14ClNO/c1-7(13)11-10-8(5-6-14-11)3-2-4-9(10)12/h2-4,7,11H,5-6,13H2,1H3/t7?,11-/m1/s1. The minimum atomic E-state index is -0.0487. The molecule has 76 valence electrons. The second-order valence-electron chi connectivity index (χ2n) is 3.71. The van der Waals surface area contributed by atoms with Crippen molar-refractivity contribution in [2.24, 2.45) is 5.73 Å². The van der Waals surface area contributed by atoms with Crippen molar-refractivity contribution in [3.05, 3.63) is 34.3 Å². The first kappa shape index (κ1) is 9.97. The van der Waals surface area contributed by atoms with E-state index in [2.05, 4.69) is 6.07 Å². The molecule has 1 aliphatic heterocycles. The Bertz CT molecular complexity index is 338. The smallest absolute Gasteiger partial charge is 0.0990 e. The zero-order valence-corrected chi connectivity index (χ0v) is 8.92. The summed E-state index contributed by atoms with van der Waals surface area (Å²) < 4.78 is 5.64. The molecule has 0 fully saturated rings. The van der Waals surface area contributed by atoms with Crippen LogP contribution >= 0.6 is 11.6 Å². The van der Waals surface area contributed by atoms with Crippen LogP contribution in [-0.2, 0) is 11.2 Å². The number of hydrogen-bond donors (Lipinski definition) is 1. The van der Waals surface area contributed by atoms with E-state index in [1.807, 2.05) is 19.1 Å². The molecular weight excluding hydrogens is 198 g/mol. The fraction of sp³-hybridized carbons (Fsp3) is 0.455. The lowest BCUT2D eigenvalue weighted by molar-refractivity contribution is 0.0285. The maximum absolute atomic E-state index is 6.15. The van der Waals surface area contributed by atoms with Gasteiger partial charge >= 0.3 is 0 Å². The number of rotatable bonds is 1. The first-order valence-electron chi connectivity index (χ1n) is 4.84. The predicted octanol–water partition coefficient (Wildman–Crippen LogP) is 2.30. The molecule has 3 heteroatoms. The molecule has 14 heavy (non-hydrogen) atoms. The van der Waals surface area contributed by atoms with Crippen molar-refractivity contribution < 1.29 is 4.74 Å². The van der Waals surface area contributed by atoms with E-state index in [0.717, 1.165) is 23.6 Å². The van der Waals surface area contributed by atoms with Gasteiger partial charge in [-0.1, -0.05) is 23.7 Å². The molecule has 0 aromatic heterocycles. The summed E-state index contributed by atoms with van der Waals surface area (Å²) in [5.74, 6) is 0. The quantitative estimate of drug-likeness (QED) is 0.774. The van der Waals surface area contributed by atoms with Gasteiger partial charge in [0, 0.05) is 16.6 Å². The summed E-state index contributed by atoms with van der Waals surface area (Å²) in [7, 11) is 0. The number of benzene rings is 1. The third kappa shape index (κ3) is 1.65. The van der Waals surface area contributed by atoms with Gasteiger partial charge in [-0.05, 0) is 25.0 Å². The van der Waals surface area contributed by atoms with Crippen LogP contribution in [0.1, 0.15) is 24.2 Å². The van der Waals surface area contributed by atoms with Gasteiger partial charge in [0.05, 0.1) is 12.7 Å². The Morgan fingerprint density at radius 1 is 1.57 bits per heavy atom. The average molecular weight is 212 g/mol. The molecule has 1 aliphatic rings. The van der Waals surface area contributed by atoms with Gasteiger partial charge in [0.15, 0.2) is 0 Å². The lowest BCUT2D eigenvalue weighted by atomic mass is 9.94. The van der Waals surface area contributed by atoms with E-state index >= 15 is 0 Å². The van der Waals surface area contributed by atoms with Crippen molar-refractivity contribution in [2.75, 3.05) is 6.61 Å². The molecule has 0 saturated heterocycles. The largest absolute Gasteiger partial charge is 0.372 e. The summed E-state index contributed by atoms with van der Waals surface area (Å²) in [5, 5.41) is 0.768. The van der Waals surface area contributed by atoms with Gasteiger partial charge in [-0.25, -0.2) is 0 Å². The molecule has 1 heterocycles. The first-order valence-corrected chi connectivity index (χ1v) is 5.22. The Kier molecular flexibility index (Phi) is 2.77. The maximum Gasteiger partial charge on any atom is 0.0990 e. The van der Waals surface area contributed by atoms with Gasteiger partial charge in [0.25, 0.3) is 0 Å². The van der Waals surface area contributed by atoms with Crippen LogP contribution in [0.3, 0.4) is 0 Å². The highest BCUT2D eigenvalue weighted by Crippen LogP contribution is 2.34. The minimum absolute atomic E-state index is 0.0195. The van der Waals surface area contributed by atoms with Crippen molar-refractivity contribution in [3.63, 3.8) is 0 Å². The van der Waals surface area contributed by atoms with Crippen LogP contribution in [0.2, 0.25) is 5.02 Å². The van der Waals surface area contributed by atoms with Crippen LogP contribution in [0.5, 0.6) is 0 Å². The van der Waals surface area contributed by atoms with E-state index in [1.54, 1.807) is 0 Å². The second kappa shape index (κ2) is 3.89. The topological polar surface area (TPSA) is 35.2 Å². The van der Waals surface area contributed by atoms with Gasteiger partial charge in [-0.15, -0.1) is 0 Å². The molecule has 0 saturated carbocycles. The number of ether oxygens (including phenoxy) is 1. The Morgan fingerprint density at radius 3 is 3.07 bits per heavy atom. The fourth-order valence-electron chi connectivity index (χ4n) is 1.91. The van der Waals surface area contributed by atoms with E-state index in [1.165, 1.54) is 5.56 Å². The highest BCUT2D eigenvalue weighted by Gasteiger charge is 2.25. The third-order valence-electron chi connectivity index (χ3n) is 2.57. The van der Waals surface area contributed by atoms with Gasteiger partial charge in [0.1, 0.15) is 0 Å². The van der Waals surface area contributed by atoms with E-state index in [9.17, 15) is 0 Å². The van der Waals surface area contributed by atoms with Crippen molar-refractivity contribution in [2.45, 2.75) is 25.5 Å². The number of halogens is 1. The maximum atomic E-state index is 6.15. The summed E-state index contributed by atoms with van der Waals surface area (Å²) in [6.45, 7) is 2.68. The highest BCUT2D eigenvalue weighted by molar-refractivity contribution is 6.31. The fourth-order valence-corrected chi connectivity index (χ4v) is 2.21. The van der Waals surface area contributed by atoms with Gasteiger partial charge in [-0.2, -0.15) is 0 Å². The van der Waals surface area contributed by atoms with E-state index < -0.39 is 0 Å². The first-order chi connectivity index (χ1) is 6.70. The summed E-state index contributed by atoms with van der Waals surface area (Å²) in [4.78, 5) is 0. The normalized spacial score (nSPS) is 22.9. The molecule has 2 rings (SSSR count). The molecule has 2 nitrogen and oxygen atoms in total. The lowest BCUT2D eigenvalue weighted by Crippen LogP contribution is -2.31. The molecule has 0 spiro atoms. The van der Waals surface area contributed by atoms with E-state index in [0.29, 0.717) is 0 Å². The SMILES string of the molecule is CC(N)[C@H]1OCCc2cccc(Cl)c21. The molecule has 0 radical (unpaired) electrons. The summed E-state index contributed by atoms with van der Waals surface area (Å²) >= 11 is 6.15. The van der Waals surface area contributed by atoms with E-state index in [-0.39, 0.29) is 12.1 Å². The predicted molar refractivity (Wildman–Crippen MR) is 57.5 cm³/mol. The molecule has 0 bridgehead atoms. The number of fused-ring (bicyclic) bond motifs is 1. The number of hydrogen-bond acceptors (Lipinski definition) is 2. The second-order valence-corrected chi connectivity index (χ2v) is 4.12. The van der Waals surface area contributed by atoms with Crippen molar-refractivity contribution in [1.29, 1.82) is 0 Å². The molecule has 0 amide bonds. The van der Waals surface area contributed by atoms with Crippen molar-refractivity contribution in [1.82, 2.24) is 0 Å². The van der Waals surface area contributed by atoms with Gasteiger partial charge < -0.3 is 10.5 Å². The van der Waals surface area contributed by atoms with E-state index in [4.69, 9.17) is 22.1 Å². The Labute approximate surface area is 89.0 Å². The minimum Gasteiger partial charge on any atom is -0.372 e. The van der Waals surface area contributed by atoms with Crippen LogP contribution in [0.15, 0.2) is 18.2 Å². The molecule has 1 aromatic rings. The summed E-state index contributed by atoms with van der Waals surface area (Å²) in [6, 6.07) is 5.95. The molecule has 1 unspecified atom stereocenters. The van der Waals surface area contributed by atoms with Crippen molar-refractivity contribution in [3.8, 4) is 0 Å². The molecule has 2 atom stereocenters. The monoisotopic (exact) mass is 211 g/mol. The molecule has 0 aliphatic carbocycles. The Hall–Kier alpha value is -0.570.